The lowest BCUT2D eigenvalue weighted by atomic mass is 10.2. The van der Waals surface area contributed by atoms with E-state index >= 15 is 0 Å². The molecule has 0 fully saturated rings. The van der Waals surface area contributed by atoms with E-state index in [1.165, 1.54) is 0 Å². The van der Waals surface area contributed by atoms with E-state index in [4.69, 9.17) is 11.6 Å². The summed E-state index contributed by atoms with van der Waals surface area (Å²) >= 11 is 5.87. The Morgan fingerprint density at radius 3 is 2.62 bits per heavy atom. The van der Waals surface area contributed by atoms with Crippen molar-refractivity contribution in [2.45, 2.75) is 20.0 Å². The maximum absolute atomic E-state index is 14.4. The molecule has 0 saturated heterocycles. The number of hydrogen-bond donors (Lipinski definition) is 1. The van der Waals surface area contributed by atoms with Crippen LogP contribution in [0.25, 0.3) is 0 Å². The fourth-order valence-electron chi connectivity index (χ4n) is 2.07. The Balaban J connectivity index is 2.14. The molecule has 5 heteroatoms. The van der Waals surface area contributed by atoms with Gasteiger partial charge in [-0.2, -0.15) is 0 Å². The third-order valence-electron chi connectivity index (χ3n) is 3.21. The number of anilines is 1. The van der Waals surface area contributed by atoms with Crippen molar-refractivity contribution in [2.24, 2.45) is 0 Å². The summed E-state index contributed by atoms with van der Waals surface area (Å²) in [6, 6.07) is 9.22. The highest BCUT2D eigenvalue weighted by molar-refractivity contribution is 6.30. The minimum atomic E-state index is -0.269. The van der Waals surface area contributed by atoms with Crippen LogP contribution in [-0.4, -0.2) is 18.6 Å². The van der Waals surface area contributed by atoms with Crippen molar-refractivity contribution in [3.63, 3.8) is 0 Å². The molecule has 0 unspecified atom stereocenters. The smallest absolute Gasteiger partial charge is 0.170 e. The van der Waals surface area contributed by atoms with Gasteiger partial charge in [0.15, 0.2) is 11.6 Å². The Labute approximate surface area is 129 Å². The van der Waals surface area contributed by atoms with Gasteiger partial charge in [0.05, 0.1) is 0 Å². The van der Waals surface area contributed by atoms with Gasteiger partial charge < -0.3 is 10.2 Å². The lowest BCUT2D eigenvalue weighted by Crippen LogP contribution is -2.21. The van der Waals surface area contributed by atoms with Crippen LogP contribution in [0.2, 0.25) is 5.02 Å². The van der Waals surface area contributed by atoms with Crippen LogP contribution in [0, 0.1) is 5.82 Å². The lowest BCUT2D eigenvalue weighted by molar-refractivity contribution is 0.583. The second kappa shape index (κ2) is 7.38. The molecule has 0 radical (unpaired) electrons. The van der Waals surface area contributed by atoms with Gasteiger partial charge in [0, 0.05) is 36.9 Å². The van der Waals surface area contributed by atoms with Crippen LogP contribution in [-0.2, 0) is 13.1 Å². The van der Waals surface area contributed by atoms with E-state index < -0.39 is 0 Å². The van der Waals surface area contributed by atoms with E-state index in [2.05, 4.69) is 10.3 Å². The average Bonchev–Trinajstić information content (AvgIpc) is 2.48. The molecular formula is C16H19ClFN3. The predicted octanol–water partition coefficient (Wildman–Crippen LogP) is 3.62. The van der Waals surface area contributed by atoms with Crippen molar-refractivity contribution in [2.75, 3.05) is 18.5 Å². The van der Waals surface area contributed by atoms with Gasteiger partial charge in [0.2, 0.25) is 0 Å². The number of pyridine rings is 1. The highest BCUT2D eigenvalue weighted by Gasteiger charge is 2.13. The fraction of sp³-hybridized carbons (Fsp3) is 0.312. The number of hydrogen-bond acceptors (Lipinski definition) is 3. The van der Waals surface area contributed by atoms with Gasteiger partial charge in [0.25, 0.3) is 0 Å². The Kier molecular flexibility index (Phi) is 5.53. The van der Waals surface area contributed by atoms with Gasteiger partial charge in [0.1, 0.15) is 0 Å². The van der Waals surface area contributed by atoms with Gasteiger partial charge in [-0.05, 0) is 30.3 Å². The van der Waals surface area contributed by atoms with Crippen molar-refractivity contribution in [3.05, 3.63) is 58.5 Å². The molecule has 0 amide bonds. The van der Waals surface area contributed by atoms with Gasteiger partial charge >= 0.3 is 0 Å². The molecule has 0 bridgehead atoms. The Morgan fingerprint density at radius 1 is 1.24 bits per heavy atom. The van der Waals surface area contributed by atoms with Crippen molar-refractivity contribution in [3.8, 4) is 0 Å². The first-order valence-corrected chi connectivity index (χ1v) is 7.29. The van der Waals surface area contributed by atoms with E-state index in [0.29, 0.717) is 29.5 Å². The second-order valence-corrected chi connectivity index (χ2v) is 5.31. The number of nitrogens with one attached hydrogen (secondary N) is 1. The molecule has 0 aliphatic rings. The summed E-state index contributed by atoms with van der Waals surface area (Å²) in [4.78, 5) is 5.96. The zero-order valence-corrected chi connectivity index (χ0v) is 13.0. The van der Waals surface area contributed by atoms with Crippen LogP contribution in [0.3, 0.4) is 0 Å². The standard InChI is InChI=1S/C16H19ClFN3/c1-3-19-10-13-8-9-20-16(15(13)18)21(2)11-12-4-6-14(17)7-5-12/h4-9,19H,3,10-11H2,1-2H3. The normalized spacial score (nSPS) is 10.7. The Morgan fingerprint density at radius 2 is 1.95 bits per heavy atom. The zero-order chi connectivity index (χ0) is 15.2. The van der Waals surface area contributed by atoms with Crippen LogP contribution in [0.15, 0.2) is 36.5 Å². The van der Waals surface area contributed by atoms with Crippen LogP contribution >= 0.6 is 11.6 Å². The van der Waals surface area contributed by atoms with Crippen LogP contribution in [0.5, 0.6) is 0 Å². The molecule has 1 aromatic heterocycles. The minimum Gasteiger partial charge on any atom is -0.353 e. The van der Waals surface area contributed by atoms with Gasteiger partial charge in [-0.1, -0.05) is 30.7 Å². The fourth-order valence-corrected chi connectivity index (χ4v) is 2.20. The van der Waals surface area contributed by atoms with E-state index in [-0.39, 0.29) is 5.82 Å². The summed E-state index contributed by atoms with van der Waals surface area (Å²) in [7, 11) is 1.83. The van der Waals surface area contributed by atoms with Crippen LogP contribution in [0.4, 0.5) is 10.2 Å². The monoisotopic (exact) mass is 307 g/mol. The second-order valence-electron chi connectivity index (χ2n) is 4.87. The first-order chi connectivity index (χ1) is 10.1. The van der Waals surface area contributed by atoms with Crippen LogP contribution in [0.1, 0.15) is 18.1 Å². The summed E-state index contributed by atoms with van der Waals surface area (Å²) in [6.45, 7) is 3.88. The van der Waals surface area contributed by atoms with Gasteiger partial charge in [-0.25, -0.2) is 9.37 Å². The molecule has 0 atom stereocenters. The van der Waals surface area contributed by atoms with E-state index in [1.807, 2.05) is 38.2 Å². The molecule has 2 aromatic rings. The summed E-state index contributed by atoms with van der Waals surface area (Å²) < 4.78 is 14.4. The Hall–Kier alpha value is -1.65. The van der Waals surface area contributed by atoms with E-state index in [0.717, 1.165) is 12.1 Å². The molecule has 0 spiro atoms. The summed E-state index contributed by atoms with van der Waals surface area (Å²) in [5, 5.41) is 3.82. The number of nitrogens with zero attached hydrogens (tertiary/aromatic N) is 2. The third-order valence-corrected chi connectivity index (χ3v) is 3.46. The molecule has 3 nitrogen and oxygen atoms in total. The zero-order valence-electron chi connectivity index (χ0n) is 12.2. The third kappa shape index (κ3) is 4.16. The van der Waals surface area contributed by atoms with Gasteiger partial charge in [-0.3, -0.25) is 0 Å². The first-order valence-electron chi connectivity index (χ1n) is 6.91. The maximum atomic E-state index is 14.4. The summed E-state index contributed by atoms with van der Waals surface area (Å²) in [5.74, 6) is 0.0928. The largest absolute Gasteiger partial charge is 0.353 e. The predicted molar refractivity (Wildman–Crippen MR) is 85.1 cm³/mol. The topological polar surface area (TPSA) is 28.2 Å². The van der Waals surface area contributed by atoms with Crippen molar-refractivity contribution in [1.29, 1.82) is 0 Å². The maximum Gasteiger partial charge on any atom is 0.170 e. The number of rotatable bonds is 6. The highest BCUT2D eigenvalue weighted by Crippen LogP contribution is 2.20. The molecule has 2 rings (SSSR count). The molecular weight excluding hydrogens is 289 g/mol. The van der Waals surface area contributed by atoms with Crippen molar-refractivity contribution < 1.29 is 4.39 Å². The Bertz CT molecular complexity index is 587. The lowest BCUT2D eigenvalue weighted by Gasteiger charge is -2.20. The molecule has 1 N–H and O–H groups in total. The van der Waals surface area contributed by atoms with E-state index in [1.54, 1.807) is 17.2 Å². The highest BCUT2D eigenvalue weighted by atomic mass is 35.5. The molecule has 21 heavy (non-hydrogen) atoms. The van der Waals surface area contributed by atoms with Crippen molar-refractivity contribution in [1.82, 2.24) is 10.3 Å². The molecule has 112 valence electrons. The summed E-state index contributed by atoms with van der Waals surface area (Å²) in [5.41, 5.74) is 1.69. The molecule has 1 heterocycles. The average molecular weight is 308 g/mol. The molecule has 0 aliphatic carbocycles. The first kappa shape index (κ1) is 15.7. The van der Waals surface area contributed by atoms with Crippen molar-refractivity contribution >= 4 is 17.4 Å². The van der Waals surface area contributed by atoms with Crippen LogP contribution < -0.4 is 10.2 Å². The number of benzene rings is 1. The molecule has 1 aromatic carbocycles. The number of halogens is 2. The molecule has 0 saturated carbocycles. The molecule has 0 aliphatic heterocycles. The number of aromatic nitrogens is 1. The van der Waals surface area contributed by atoms with E-state index in [9.17, 15) is 4.39 Å². The SMILES string of the molecule is CCNCc1ccnc(N(C)Cc2ccc(Cl)cc2)c1F. The quantitative estimate of drug-likeness (QED) is 0.883. The van der Waals surface area contributed by atoms with Gasteiger partial charge in [-0.15, -0.1) is 0 Å². The summed E-state index contributed by atoms with van der Waals surface area (Å²) in [6.07, 6.45) is 1.64. The minimum absolute atomic E-state index is 0.269.